The van der Waals surface area contributed by atoms with Crippen molar-refractivity contribution in [3.05, 3.63) is 35.9 Å². The van der Waals surface area contributed by atoms with E-state index in [2.05, 4.69) is 5.32 Å². The summed E-state index contributed by atoms with van der Waals surface area (Å²) >= 11 is 0. The highest BCUT2D eigenvalue weighted by Gasteiger charge is 2.58. The summed E-state index contributed by atoms with van der Waals surface area (Å²) in [4.78, 5) is 36.4. The van der Waals surface area contributed by atoms with Crippen LogP contribution in [-0.2, 0) is 25.7 Å². The van der Waals surface area contributed by atoms with Crippen LogP contribution in [0.25, 0.3) is 0 Å². The molecule has 1 amide bonds. The number of hydrogen-bond acceptors (Lipinski definition) is 5. The largest absolute Gasteiger partial charge is 0.480 e. The quantitative estimate of drug-likeness (QED) is 0.386. The van der Waals surface area contributed by atoms with Gasteiger partial charge < -0.3 is 19.9 Å². The van der Waals surface area contributed by atoms with Crippen LogP contribution in [0.15, 0.2) is 30.3 Å². The molecule has 0 aliphatic rings. The standard InChI is InChI=1S/C14H22B5NO6/c1-25-10(23)12(15,16)14(18,19)13(17,9(21)22)20-11(24)26-7-8-5-3-2-4-6-8/h2-6H,7,15-19H2,1H3,(H,20,24)(H,21,22)/t13-/m1/s1. The predicted molar refractivity (Wildman–Crippen MR) is 110 cm³/mol. The summed E-state index contributed by atoms with van der Waals surface area (Å²) in [6, 6.07) is 9.02. The highest BCUT2D eigenvalue weighted by molar-refractivity contribution is 6.64. The van der Waals surface area contributed by atoms with Crippen molar-refractivity contribution in [2.45, 2.75) is 22.5 Å². The molecular formula is C14H22B5NO6. The van der Waals surface area contributed by atoms with Crippen molar-refractivity contribution in [1.29, 1.82) is 0 Å². The van der Waals surface area contributed by atoms with E-state index < -0.39 is 33.9 Å². The van der Waals surface area contributed by atoms with E-state index in [-0.39, 0.29) is 6.61 Å². The molecule has 7 nitrogen and oxygen atoms in total. The third-order valence-corrected chi connectivity index (χ3v) is 5.50. The van der Waals surface area contributed by atoms with Gasteiger partial charge in [0.2, 0.25) is 0 Å². The molecule has 0 heterocycles. The number of aliphatic carboxylic acids is 1. The number of methoxy groups -OCH3 is 1. The maximum atomic E-state index is 12.2. The number of esters is 1. The lowest BCUT2D eigenvalue weighted by molar-refractivity contribution is -0.145. The second-order valence-corrected chi connectivity index (χ2v) is 7.36. The fourth-order valence-electron chi connectivity index (χ4n) is 2.58. The molecule has 0 aliphatic carbocycles. The lowest BCUT2D eigenvalue weighted by Gasteiger charge is -2.50. The Morgan fingerprint density at radius 2 is 1.62 bits per heavy atom. The normalized spacial score (nSPS) is 13.9. The fourth-order valence-corrected chi connectivity index (χ4v) is 2.58. The number of alkyl carbamates (subject to hydrolysis) is 1. The van der Waals surface area contributed by atoms with Crippen molar-refractivity contribution >= 4 is 57.3 Å². The third kappa shape index (κ3) is 4.11. The van der Waals surface area contributed by atoms with Gasteiger partial charge in [-0.25, -0.2) is 4.79 Å². The molecule has 0 saturated carbocycles. The SMILES string of the molecule is BC(B)(C(=O)OC)C(B)(B)[C@](B)(NC(=O)OCc1ccccc1)C(=O)O. The summed E-state index contributed by atoms with van der Waals surface area (Å²) in [5, 5.41) is 9.82. The minimum Gasteiger partial charge on any atom is -0.480 e. The van der Waals surface area contributed by atoms with Crippen LogP contribution in [0, 0.1) is 0 Å². The highest BCUT2D eigenvalue weighted by Crippen LogP contribution is 2.49. The maximum absolute atomic E-state index is 12.2. The summed E-state index contributed by atoms with van der Waals surface area (Å²) in [7, 11) is 8.93. The molecule has 0 bridgehead atoms. The molecule has 2 N–H and O–H groups in total. The minimum atomic E-state index is -1.78. The molecule has 1 aromatic rings. The van der Waals surface area contributed by atoms with Gasteiger partial charge in [-0.2, -0.15) is 0 Å². The van der Waals surface area contributed by atoms with Crippen molar-refractivity contribution in [3.63, 3.8) is 0 Å². The van der Waals surface area contributed by atoms with Crippen LogP contribution in [0.2, 0.25) is 10.4 Å². The fraction of sp³-hybridized carbons (Fsp3) is 0.357. The number of ether oxygens (including phenoxy) is 2. The summed E-state index contributed by atoms with van der Waals surface area (Å²) in [5.74, 6) is -1.86. The zero-order valence-electron chi connectivity index (χ0n) is 16.1. The molecule has 0 saturated heterocycles. The minimum absolute atomic E-state index is 0.00317. The van der Waals surface area contributed by atoms with Crippen LogP contribution in [0.1, 0.15) is 5.56 Å². The number of carbonyl (C=O) groups is 3. The van der Waals surface area contributed by atoms with Gasteiger partial charge in [-0.3, -0.25) is 9.59 Å². The predicted octanol–water partition coefficient (Wildman–Crippen LogP) is -3.74. The van der Waals surface area contributed by atoms with E-state index in [0.29, 0.717) is 0 Å². The zero-order valence-corrected chi connectivity index (χ0v) is 16.1. The molecule has 134 valence electrons. The summed E-state index contributed by atoms with van der Waals surface area (Å²) in [6.07, 6.45) is -0.882. The van der Waals surface area contributed by atoms with Gasteiger partial charge in [0.25, 0.3) is 5.97 Å². The summed E-state index contributed by atoms with van der Waals surface area (Å²) in [6.45, 7) is 0.00317. The van der Waals surface area contributed by atoms with Gasteiger partial charge >= 0.3 is 12.1 Å². The lowest BCUT2D eigenvalue weighted by atomic mass is 9.22. The molecule has 1 rings (SSSR count). The zero-order chi connectivity index (χ0) is 20.2. The monoisotopic (exact) mass is 355 g/mol. The Morgan fingerprint density at radius 1 is 1.08 bits per heavy atom. The van der Waals surface area contributed by atoms with Crippen LogP contribution in [0.3, 0.4) is 0 Å². The smallest absolute Gasteiger partial charge is 0.407 e. The number of amides is 1. The molecule has 0 radical (unpaired) electrons. The molecular weight excluding hydrogens is 332 g/mol. The number of carbonyl (C=O) groups excluding carboxylic acids is 2. The number of benzene rings is 1. The van der Waals surface area contributed by atoms with Crippen LogP contribution in [-0.4, -0.2) is 74.9 Å². The molecule has 12 heteroatoms. The first-order valence-corrected chi connectivity index (χ1v) is 8.21. The molecule has 0 spiro atoms. The Kier molecular flexibility index (Phi) is 6.68. The molecule has 1 aromatic carbocycles. The second kappa shape index (κ2) is 7.97. The Balaban J connectivity index is 3.03. The van der Waals surface area contributed by atoms with Crippen LogP contribution < -0.4 is 5.32 Å². The number of hydrogen-bond donors (Lipinski definition) is 2. The average molecular weight is 354 g/mol. The van der Waals surface area contributed by atoms with Gasteiger partial charge in [-0.1, -0.05) is 35.5 Å². The first-order valence-electron chi connectivity index (χ1n) is 8.21. The van der Waals surface area contributed by atoms with E-state index in [9.17, 15) is 19.5 Å². The van der Waals surface area contributed by atoms with Crippen LogP contribution in [0.5, 0.6) is 0 Å². The van der Waals surface area contributed by atoms with Gasteiger partial charge in [0.05, 0.1) is 12.5 Å². The van der Waals surface area contributed by atoms with E-state index in [1.807, 2.05) is 6.07 Å². The summed E-state index contributed by atoms with van der Waals surface area (Å²) < 4.78 is 9.95. The van der Waals surface area contributed by atoms with Gasteiger partial charge in [0.1, 0.15) is 45.8 Å². The van der Waals surface area contributed by atoms with Gasteiger partial charge in [-0.05, 0) is 5.56 Å². The first-order chi connectivity index (χ1) is 11.9. The Bertz CT molecular complexity index is 684. The third-order valence-electron chi connectivity index (χ3n) is 5.50. The lowest BCUT2D eigenvalue weighted by Crippen LogP contribution is -2.67. The molecule has 0 unspecified atom stereocenters. The van der Waals surface area contributed by atoms with Crippen molar-refractivity contribution in [3.8, 4) is 0 Å². The molecule has 1 atom stereocenters. The van der Waals surface area contributed by atoms with E-state index in [1.165, 1.54) is 15.0 Å². The van der Waals surface area contributed by atoms with Crippen molar-refractivity contribution < 1.29 is 29.0 Å². The van der Waals surface area contributed by atoms with Gasteiger partial charge in [0.15, 0.2) is 0 Å². The number of carboxylic acids is 1. The number of rotatable bonds is 7. The summed E-state index contributed by atoms with van der Waals surface area (Å²) in [5.41, 5.74) is -1.01. The first kappa shape index (κ1) is 21.8. The van der Waals surface area contributed by atoms with E-state index in [4.69, 9.17) is 9.47 Å². The van der Waals surface area contributed by atoms with Crippen molar-refractivity contribution in [2.24, 2.45) is 0 Å². The second-order valence-electron chi connectivity index (χ2n) is 7.36. The number of carboxylic acid groups (broad SMARTS) is 1. The van der Waals surface area contributed by atoms with Gasteiger partial charge in [-0.15, -0.1) is 0 Å². The van der Waals surface area contributed by atoms with E-state index in [0.717, 1.165) is 5.56 Å². The number of nitrogens with one attached hydrogen (secondary N) is 1. The van der Waals surface area contributed by atoms with Crippen LogP contribution in [0.4, 0.5) is 4.79 Å². The molecule has 0 aliphatic heterocycles. The Morgan fingerprint density at radius 3 is 2.08 bits per heavy atom. The molecule has 26 heavy (non-hydrogen) atoms. The Labute approximate surface area is 157 Å². The Hall–Kier alpha value is -2.25. The van der Waals surface area contributed by atoms with E-state index >= 15 is 0 Å². The average Bonchev–Trinajstić information content (AvgIpc) is 2.59. The van der Waals surface area contributed by atoms with Crippen molar-refractivity contribution in [2.75, 3.05) is 7.11 Å². The highest BCUT2D eigenvalue weighted by atomic mass is 16.5. The topological polar surface area (TPSA) is 102 Å². The molecule has 0 fully saturated rings. The van der Waals surface area contributed by atoms with E-state index in [1.54, 1.807) is 55.7 Å². The van der Waals surface area contributed by atoms with Crippen LogP contribution >= 0.6 is 0 Å². The maximum Gasteiger partial charge on any atom is 0.407 e. The van der Waals surface area contributed by atoms with Crippen molar-refractivity contribution in [1.82, 2.24) is 5.32 Å². The molecule has 0 aromatic heterocycles. The van der Waals surface area contributed by atoms with Gasteiger partial charge in [0, 0.05) is 5.21 Å².